The normalized spacial score (nSPS) is 10.5. The summed E-state index contributed by atoms with van der Waals surface area (Å²) in [5, 5.41) is 0. The molecule has 0 saturated carbocycles. The number of nitrogen functional groups attached to an aromatic ring is 2. The van der Waals surface area contributed by atoms with Gasteiger partial charge in [-0.25, -0.2) is 4.98 Å². The Balaban J connectivity index is 3.02. The first kappa shape index (κ1) is 10.5. The molecule has 0 unspecified atom stereocenters. The lowest BCUT2D eigenvalue weighted by atomic mass is 10.4. The number of nitrogens with two attached hydrogens (primary N) is 2. The van der Waals surface area contributed by atoms with Crippen molar-refractivity contribution in [3.05, 3.63) is 11.8 Å². The van der Waals surface area contributed by atoms with E-state index in [0.717, 1.165) is 0 Å². The van der Waals surface area contributed by atoms with E-state index in [1.54, 1.807) is 6.07 Å². The number of nitrogens with zero attached hydrogens (tertiary/aromatic N) is 2. The molecule has 0 radical (unpaired) electrons. The molecule has 0 atom stereocenters. The largest absolute Gasteiger partial charge is 0.383 e. The van der Waals surface area contributed by atoms with E-state index >= 15 is 0 Å². The molecule has 4 N–H and O–H groups in total. The molecule has 0 aliphatic carbocycles. The van der Waals surface area contributed by atoms with Crippen LogP contribution in [0.1, 0.15) is 5.69 Å². The fraction of sp³-hybridized carbons (Fsp3) is 0.333. The molecule has 4 nitrogen and oxygen atoms in total. The molecule has 1 heterocycles. The van der Waals surface area contributed by atoms with Crippen LogP contribution in [0.15, 0.2) is 6.07 Å². The zero-order valence-electron chi connectivity index (χ0n) is 8.63. The van der Waals surface area contributed by atoms with E-state index < -0.39 is 8.07 Å². The van der Waals surface area contributed by atoms with Crippen LogP contribution in [0.4, 0.5) is 11.8 Å². The van der Waals surface area contributed by atoms with Crippen LogP contribution in [-0.4, -0.2) is 18.0 Å². The highest BCUT2D eigenvalue weighted by molar-refractivity contribution is 6.83. The van der Waals surface area contributed by atoms with Crippen molar-refractivity contribution in [2.24, 2.45) is 0 Å². The van der Waals surface area contributed by atoms with Gasteiger partial charge >= 0.3 is 0 Å². The summed E-state index contributed by atoms with van der Waals surface area (Å²) < 4.78 is 0. The Morgan fingerprint density at radius 2 is 1.86 bits per heavy atom. The van der Waals surface area contributed by atoms with Gasteiger partial charge in [-0.1, -0.05) is 25.6 Å². The predicted octanol–water partition coefficient (Wildman–Crippen LogP) is 0.870. The minimum absolute atomic E-state index is 0.171. The van der Waals surface area contributed by atoms with Gasteiger partial charge in [0.05, 0.1) is 0 Å². The average Bonchev–Trinajstić information content (AvgIpc) is 1.97. The van der Waals surface area contributed by atoms with Crippen LogP contribution in [0, 0.1) is 11.5 Å². The molecule has 0 aliphatic heterocycles. The monoisotopic (exact) mass is 206 g/mol. The molecule has 1 aromatic rings. The number of aromatic nitrogens is 2. The fourth-order valence-corrected chi connectivity index (χ4v) is 1.30. The fourth-order valence-electron chi connectivity index (χ4n) is 0.801. The maximum atomic E-state index is 5.51. The van der Waals surface area contributed by atoms with E-state index in [1.807, 2.05) is 0 Å². The second-order valence-electron chi connectivity index (χ2n) is 4.04. The number of hydrogen-bond acceptors (Lipinski definition) is 4. The Hall–Kier alpha value is -1.54. The summed E-state index contributed by atoms with van der Waals surface area (Å²) in [6.45, 7) is 6.48. The second-order valence-corrected chi connectivity index (χ2v) is 8.79. The highest BCUT2D eigenvalue weighted by atomic mass is 28.3. The quantitative estimate of drug-likeness (QED) is 0.488. The summed E-state index contributed by atoms with van der Waals surface area (Å²) in [5.74, 6) is 3.50. The van der Waals surface area contributed by atoms with Gasteiger partial charge < -0.3 is 11.5 Å². The summed E-state index contributed by atoms with van der Waals surface area (Å²) >= 11 is 0. The van der Waals surface area contributed by atoms with Gasteiger partial charge in [-0.2, -0.15) is 4.98 Å². The summed E-state index contributed by atoms with van der Waals surface area (Å²) in [6.07, 6.45) is 0. The van der Waals surface area contributed by atoms with E-state index in [1.165, 1.54) is 0 Å². The average molecular weight is 206 g/mol. The SMILES string of the molecule is C[Si](C)(C)C#Cc1cc(N)nc(N)n1. The van der Waals surface area contributed by atoms with E-state index in [-0.39, 0.29) is 5.95 Å². The topological polar surface area (TPSA) is 77.8 Å². The summed E-state index contributed by atoms with van der Waals surface area (Å²) in [6, 6.07) is 1.63. The smallest absolute Gasteiger partial charge is 0.223 e. The maximum Gasteiger partial charge on any atom is 0.223 e. The van der Waals surface area contributed by atoms with Crippen LogP contribution in [-0.2, 0) is 0 Å². The van der Waals surface area contributed by atoms with Crippen molar-refractivity contribution in [2.75, 3.05) is 11.5 Å². The third-order valence-electron chi connectivity index (χ3n) is 1.33. The Labute approximate surface area is 84.8 Å². The second kappa shape index (κ2) is 3.68. The first-order valence-corrected chi connectivity index (χ1v) is 7.80. The van der Waals surface area contributed by atoms with Crippen LogP contribution in [0.5, 0.6) is 0 Å². The molecule has 0 aliphatic rings. The molecule has 0 saturated heterocycles. The van der Waals surface area contributed by atoms with E-state index in [0.29, 0.717) is 11.5 Å². The van der Waals surface area contributed by atoms with Crippen molar-refractivity contribution < 1.29 is 0 Å². The molecule has 14 heavy (non-hydrogen) atoms. The number of hydrogen-bond donors (Lipinski definition) is 2. The number of anilines is 2. The lowest BCUT2D eigenvalue weighted by Gasteiger charge is -2.03. The summed E-state index contributed by atoms with van der Waals surface area (Å²) in [4.78, 5) is 7.74. The third-order valence-corrected chi connectivity index (χ3v) is 2.20. The maximum absolute atomic E-state index is 5.51. The van der Waals surface area contributed by atoms with Crippen LogP contribution in [0.2, 0.25) is 19.6 Å². The molecular weight excluding hydrogens is 192 g/mol. The lowest BCUT2D eigenvalue weighted by molar-refractivity contribution is 1.17. The standard InChI is InChI=1S/C9H14N4Si/c1-14(2,3)5-4-7-6-8(10)13-9(11)12-7/h6H,1-3H3,(H4,10,11,12,13). The van der Waals surface area contributed by atoms with Crippen LogP contribution < -0.4 is 11.5 Å². The van der Waals surface area contributed by atoms with E-state index in [4.69, 9.17) is 11.5 Å². The van der Waals surface area contributed by atoms with E-state index in [9.17, 15) is 0 Å². The van der Waals surface area contributed by atoms with Crippen molar-refractivity contribution in [1.82, 2.24) is 9.97 Å². The first-order valence-electron chi connectivity index (χ1n) is 4.30. The lowest BCUT2D eigenvalue weighted by Crippen LogP contribution is -2.16. The van der Waals surface area contributed by atoms with Crippen molar-refractivity contribution >= 4 is 19.8 Å². The van der Waals surface area contributed by atoms with Crippen LogP contribution in [0.3, 0.4) is 0 Å². The van der Waals surface area contributed by atoms with Crippen molar-refractivity contribution in [1.29, 1.82) is 0 Å². The highest BCUT2D eigenvalue weighted by Gasteiger charge is 2.07. The zero-order valence-corrected chi connectivity index (χ0v) is 9.63. The van der Waals surface area contributed by atoms with Crippen molar-refractivity contribution in [2.45, 2.75) is 19.6 Å². The number of rotatable bonds is 0. The molecule has 74 valence electrons. The Kier molecular flexibility index (Phi) is 2.77. The van der Waals surface area contributed by atoms with Gasteiger partial charge in [0.1, 0.15) is 19.6 Å². The Morgan fingerprint density at radius 1 is 1.21 bits per heavy atom. The van der Waals surface area contributed by atoms with Crippen molar-refractivity contribution in [3.8, 4) is 11.5 Å². The molecule has 0 fully saturated rings. The molecule has 0 amide bonds. The Morgan fingerprint density at radius 3 is 2.36 bits per heavy atom. The highest BCUT2D eigenvalue weighted by Crippen LogP contribution is 2.03. The molecular formula is C9H14N4Si. The minimum Gasteiger partial charge on any atom is -0.383 e. The molecule has 0 aromatic carbocycles. The van der Waals surface area contributed by atoms with Gasteiger partial charge in [-0.05, 0) is 0 Å². The van der Waals surface area contributed by atoms with Gasteiger partial charge in [0, 0.05) is 6.07 Å². The summed E-state index contributed by atoms with van der Waals surface area (Å²) in [7, 11) is -1.38. The van der Waals surface area contributed by atoms with Gasteiger partial charge in [0.2, 0.25) is 5.95 Å². The molecule has 1 rings (SSSR count). The molecule has 0 bridgehead atoms. The van der Waals surface area contributed by atoms with Gasteiger partial charge in [0.25, 0.3) is 0 Å². The van der Waals surface area contributed by atoms with Gasteiger partial charge in [0.15, 0.2) is 0 Å². The molecule has 0 spiro atoms. The molecule has 1 aromatic heterocycles. The van der Waals surface area contributed by atoms with Gasteiger partial charge in [-0.15, -0.1) is 5.54 Å². The van der Waals surface area contributed by atoms with Crippen LogP contribution >= 0.6 is 0 Å². The summed E-state index contributed by atoms with van der Waals surface area (Å²) in [5.41, 5.74) is 14.7. The predicted molar refractivity (Wildman–Crippen MR) is 61.1 cm³/mol. The van der Waals surface area contributed by atoms with Crippen molar-refractivity contribution in [3.63, 3.8) is 0 Å². The van der Waals surface area contributed by atoms with E-state index in [2.05, 4.69) is 41.1 Å². The van der Waals surface area contributed by atoms with Crippen LogP contribution in [0.25, 0.3) is 0 Å². The first-order chi connectivity index (χ1) is 6.37. The van der Waals surface area contributed by atoms with Gasteiger partial charge in [-0.3, -0.25) is 0 Å². The Bertz CT molecular complexity index is 377. The molecule has 5 heteroatoms. The third kappa shape index (κ3) is 3.45. The minimum atomic E-state index is -1.38. The zero-order chi connectivity index (χ0) is 10.8.